The molecule has 1 saturated carbocycles. The van der Waals surface area contributed by atoms with E-state index in [4.69, 9.17) is 9.15 Å². The molecular weight excluding hydrogens is 230 g/mol. The molecule has 0 aromatic carbocycles. The fourth-order valence-corrected chi connectivity index (χ4v) is 2.30. The Labute approximate surface area is 107 Å². The van der Waals surface area contributed by atoms with Crippen LogP contribution in [0.5, 0.6) is 0 Å². The molecule has 1 aliphatic carbocycles. The van der Waals surface area contributed by atoms with E-state index in [1.54, 1.807) is 0 Å². The maximum atomic E-state index is 5.69. The first-order valence-corrected chi connectivity index (χ1v) is 7.06. The third-order valence-corrected chi connectivity index (χ3v) is 3.58. The highest BCUT2D eigenvalue weighted by molar-refractivity contribution is 4.87. The highest BCUT2D eigenvalue weighted by Crippen LogP contribution is 2.20. The minimum Gasteiger partial charge on any atom is -0.424 e. The Bertz CT molecular complexity index is 370. The van der Waals surface area contributed by atoms with E-state index >= 15 is 0 Å². The normalized spacial score (nSPS) is 24.3. The number of aromatic nitrogens is 2. The summed E-state index contributed by atoms with van der Waals surface area (Å²) < 4.78 is 11.3. The van der Waals surface area contributed by atoms with Crippen molar-refractivity contribution in [3.63, 3.8) is 0 Å². The Morgan fingerprint density at radius 3 is 2.78 bits per heavy atom. The van der Waals surface area contributed by atoms with Gasteiger partial charge >= 0.3 is 0 Å². The maximum absolute atomic E-state index is 5.69. The lowest BCUT2D eigenvalue weighted by Crippen LogP contribution is -2.19. The second-order valence-corrected chi connectivity index (χ2v) is 5.27. The lowest BCUT2D eigenvalue weighted by Gasteiger charge is -2.21. The topological polar surface area (TPSA) is 60.2 Å². The number of nitrogens with zero attached hydrogens (tertiary/aromatic N) is 2. The van der Waals surface area contributed by atoms with Gasteiger partial charge in [-0.1, -0.05) is 0 Å². The molecular formula is C13H21N3O2. The zero-order chi connectivity index (χ0) is 12.2. The van der Waals surface area contributed by atoms with Crippen molar-refractivity contribution in [2.75, 3.05) is 6.61 Å². The van der Waals surface area contributed by atoms with E-state index in [0.717, 1.165) is 25.3 Å². The van der Waals surface area contributed by atoms with Gasteiger partial charge in [0.15, 0.2) is 0 Å². The van der Waals surface area contributed by atoms with Gasteiger partial charge in [0.05, 0.1) is 12.6 Å². The predicted molar refractivity (Wildman–Crippen MR) is 66.1 cm³/mol. The van der Waals surface area contributed by atoms with Crippen LogP contribution in [0.25, 0.3) is 0 Å². The third-order valence-electron chi connectivity index (χ3n) is 3.58. The van der Waals surface area contributed by atoms with Gasteiger partial charge in [-0.3, -0.25) is 0 Å². The van der Waals surface area contributed by atoms with E-state index in [9.17, 15) is 0 Å². The van der Waals surface area contributed by atoms with Crippen molar-refractivity contribution in [1.29, 1.82) is 0 Å². The second-order valence-electron chi connectivity index (χ2n) is 5.27. The van der Waals surface area contributed by atoms with Gasteiger partial charge in [0.2, 0.25) is 11.8 Å². The van der Waals surface area contributed by atoms with Crippen LogP contribution in [0.3, 0.4) is 0 Å². The third kappa shape index (κ3) is 3.53. The number of ether oxygens (including phenoxy) is 1. The highest BCUT2D eigenvalue weighted by Gasteiger charge is 2.21. The van der Waals surface area contributed by atoms with Gasteiger partial charge in [-0.25, -0.2) is 0 Å². The number of hydrogen-bond donors (Lipinski definition) is 1. The molecule has 1 atom stereocenters. The van der Waals surface area contributed by atoms with Crippen molar-refractivity contribution in [2.24, 2.45) is 0 Å². The molecule has 3 rings (SSSR count). The number of aryl methyl sites for hydroxylation is 1. The molecule has 100 valence electrons. The molecule has 5 nitrogen and oxygen atoms in total. The van der Waals surface area contributed by atoms with Crippen LogP contribution >= 0.6 is 0 Å². The molecule has 5 heteroatoms. The van der Waals surface area contributed by atoms with E-state index in [1.807, 2.05) is 0 Å². The van der Waals surface area contributed by atoms with E-state index in [-0.39, 0.29) is 0 Å². The average Bonchev–Trinajstić information content (AvgIpc) is 3.14. The molecule has 2 heterocycles. The highest BCUT2D eigenvalue weighted by atomic mass is 16.5. The Kier molecular flexibility index (Phi) is 3.90. The zero-order valence-electron chi connectivity index (χ0n) is 10.7. The molecule has 1 unspecified atom stereocenters. The van der Waals surface area contributed by atoms with Gasteiger partial charge in [0.25, 0.3) is 0 Å². The van der Waals surface area contributed by atoms with Gasteiger partial charge in [-0.15, -0.1) is 10.2 Å². The van der Waals surface area contributed by atoms with Crippen LogP contribution in [0.2, 0.25) is 0 Å². The monoisotopic (exact) mass is 251 g/mol. The summed E-state index contributed by atoms with van der Waals surface area (Å²) >= 11 is 0. The van der Waals surface area contributed by atoms with E-state index in [0.29, 0.717) is 24.6 Å². The summed E-state index contributed by atoms with van der Waals surface area (Å²) in [4.78, 5) is 0. The van der Waals surface area contributed by atoms with Crippen molar-refractivity contribution < 1.29 is 9.15 Å². The first-order valence-electron chi connectivity index (χ1n) is 7.06. The van der Waals surface area contributed by atoms with Crippen LogP contribution in [0.1, 0.15) is 50.3 Å². The fourth-order valence-electron chi connectivity index (χ4n) is 2.30. The average molecular weight is 251 g/mol. The smallest absolute Gasteiger partial charge is 0.230 e. The first kappa shape index (κ1) is 12.1. The van der Waals surface area contributed by atoms with Gasteiger partial charge in [0, 0.05) is 19.1 Å². The van der Waals surface area contributed by atoms with E-state index in [2.05, 4.69) is 15.5 Å². The summed E-state index contributed by atoms with van der Waals surface area (Å²) in [5.74, 6) is 1.46. The summed E-state index contributed by atoms with van der Waals surface area (Å²) in [6.45, 7) is 1.61. The Hall–Kier alpha value is -0.940. The Morgan fingerprint density at radius 1 is 1.11 bits per heavy atom. The number of rotatable bonds is 6. The first-order chi connectivity index (χ1) is 8.90. The Balaban J connectivity index is 1.41. The lowest BCUT2D eigenvalue weighted by atomic mass is 10.0. The van der Waals surface area contributed by atoms with E-state index in [1.165, 1.54) is 32.1 Å². The van der Waals surface area contributed by atoms with Crippen molar-refractivity contribution in [3.8, 4) is 0 Å². The SMILES string of the molecule is C1CCC(CCc2nnc(CNC3CC3)o2)OC1. The molecule has 2 aliphatic rings. The van der Waals surface area contributed by atoms with Gasteiger partial charge in [0.1, 0.15) is 0 Å². The molecule has 1 N–H and O–H groups in total. The largest absolute Gasteiger partial charge is 0.424 e. The molecule has 1 saturated heterocycles. The van der Waals surface area contributed by atoms with Crippen molar-refractivity contribution in [3.05, 3.63) is 11.8 Å². The van der Waals surface area contributed by atoms with Crippen LogP contribution in [0.15, 0.2) is 4.42 Å². The summed E-state index contributed by atoms with van der Waals surface area (Å²) in [6, 6.07) is 0.677. The predicted octanol–water partition coefficient (Wildman–Crippen LogP) is 1.82. The molecule has 0 radical (unpaired) electrons. The second kappa shape index (κ2) is 5.80. The summed E-state index contributed by atoms with van der Waals surface area (Å²) in [5, 5.41) is 11.5. The van der Waals surface area contributed by atoms with Crippen LogP contribution < -0.4 is 5.32 Å². The van der Waals surface area contributed by atoms with Crippen molar-refractivity contribution >= 4 is 0 Å². The van der Waals surface area contributed by atoms with Crippen molar-refractivity contribution in [1.82, 2.24) is 15.5 Å². The van der Waals surface area contributed by atoms with E-state index < -0.39 is 0 Å². The summed E-state index contributed by atoms with van der Waals surface area (Å²) in [6.07, 6.45) is 8.43. The quantitative estimate of drug-likeness (QED) is 0.835. The molecule has 0 amide bonds. The molecule has 1 aliphatic heterocycles. The summed E-state index contributed by atoms with van der Waals surface area (Å²) in [7, 11) is 0. The van der Waals surface area contributed by atoms with Crippen LogP contribution in [-0.2, 0) is 17.7 Å². The molecule has 0 bridgehead atoms. The minimum absolute atomic E-state index is 0.388. The lowest BCUT2D eigenvalue weighted by molar-refractivity contribution is 0.0105. The summed E-state index contributed by atoms with van der Waals surface area (Å²) in [5.41, 5.74) is 0. The Morgan fingerprint density at radius 2 is 2.00 bits per heavy atom. The fraction of sp³-hybridized carbons (Fsp3) is 0.846. The van der Waals surface area contributed by atoms with Gasteiger partial charge in [-0.2, -0.15) is 0 Å². The molecule has 1 aromatic heterocycles. The number of hydrogen-bond acceptors (Lipinski definition) is 5. The van der Waals surface area contributed by atoms with Crippen LogP contribution in [-0.4, -0.2) is 29.0 Å². The maximum Gasteiger partial charge on any atom is 0.230 e. The molecule has 18 heavy (non-hydrogen) atoms. The number of nitrogens with one attached hydrogen (secondary N) is 1. The standard InChI is InChI=1S/C13H21N3O2/c1-2-8-17-11(3-1)6-7-12-15-16-13(18-12)9-14-10-4-5-10/h10-11,14H,1-9H2. The minimum atomic E-state index is 0.388. The van der Waals surface area contributed by atoms with Gasteiger partial charge < -0.3 is 14.5 Å². The molecule has 0 spiro atoms. The molecule has 1 aromatic rings. The molecule has 2 fully saturated rings. The van der Waals surface area contributed by atoms with Crippen LogP contribution in [0, 0.1) is 0 Å². The zero-order valence-corrected chi connectivity index (χ0v) is 10.7. The van der Waals surface area contributed by atoms with Crippen LogP contribution in [0.4, 0.5) is 0 Å². The van der Waals surface area contributed by atoms with Gasteiger partial charge in [-0.05, 0) is 38.5 Å². The van der Waals surface area contributed by atoms with Crippen molar-refractivity contribution in [2.45, 2.75) is 63.6 Å².